The molecule has 0 bridgehead atoms. The molecule has 0 aliphatic carbocycles. The van der Waals surface area contributed by atoms with Gasteiger partial charge in [0, 0.05) is 21.5 Å². The molecule has 0 heterocycles. The molecule has 0 aromatic heterocycles. The lowest BCUT2D eigenvalue weighted by Crippen LogP contribution is -2.05. The molecule has 1 aromatic carbocycles. The third-order valence-electron chi connectivity index (χ3n) is 1.48. The number of rotatable bonds is 2. The number of benzene rings is 1. The van der Waals surface area contributed by atoms with Crippen molar-refractivity contribution in [2.75, 3.05) is 0 Å². The molecule has 0 fully saturated rings. The smallest absolute Gasteiger partial charge is 0.132 e. The number of nitrogens with zero attached hydrogens (tertiary/aromatic N) is 1. The lowest BCUT2D eigenvalue weighted by molar-refractivity contribution is 0.626. The largest absolute Gasteiger partial charge is 0.223 e. The molecule has 1 nitrogen and oxygen atoms in total. The van der Waals surface area contributed by atoms with Crippen LogP contribution >= 0.6 is 23.5 Å². The maximum absolute atomic E-state index is 13.2. The minimum atomic E-state index is -0.308. The summed E-state index contributed by atoms with van der Waals surface area (Å²) in [5.41, 5.74) is 0.416. The van der Waals surface area contributed by atoms with Crippen molar-refractivity contribution in [1.82, 2.24) is 0 Å². The van der Waals surface area contributed by atoms with Crippen LogP contribution in [0.4, 0.5) is 4.39 Å². The van der Waals surface area contributed by atoms with Crippen molar-refractivity contribution in [3.63, 3.8) is 0 Å². The predicted octanol–water partition coefficient (Wildman–Crippen LogP) is 4.34. The average Bonchev–Trinajstić information content (AvgIpc) is 2.09. The van der Waals surface area contributed by atoms with Crippen molar-refractivity contribution in [1.29, 1.82) is 0 Å². The molecule has 0 radical (unpaired) electrons. The topological polar surface area (TPSA) is 12.4 Å². The van der Waals surface area contributed by atoms with E-state index in [0.717, 1.165) is 0 Å². The first kappa shape index (κ1) is 12.5. The van der Waals surface area contributed by atoms with Crippen molar-refractivity contribution < 1.29 is 4.39 Å². The van der Waals surface area contributed by atoms with Crippen LogP contribution in [0, 0.1) is 5.82 Å². The molecule has 1 aromatic rings. The molecule has 0 spiro atoms. The molecule has 0 unspecified atom stereocenters. The predicted molar refractivity (Wildman–Crippen MR) is 66.3 cm³/mol. The SMILES string of the molecule is CC(C)(C)SN=Cc1cc(Cl)ccc1F. The van der Waals surface area contributed by atoms with Crippen LogP contribution in [0.5, 0.6) is 0 Å². The summed E-state index contributed by atoms with van der Waals surface area (Å²) >= 11 is 7.15. The van der Waals surface area contributed by atoms with Crippen LogP contribution in [-0.2, 0) is 0 Å². The van der Waals surface area contributed by atoms with Crippen molar-refractivity contribution >= 4 is 29.8 Å². The van der Waals surface area contributed by atoms with Crippen molar-refractivity contribution in [3.8, 4) is 0 Å². The zero-order valence-electron chi connectivity index (χ0n) is 8.92. The fraction of sp³-hybridized carbons (Fsp3) is 0.364. The maximum Gasteiger partial charge on any atom is 0.132 e. The maximum atomic E-state index is 13.2. The summed E-state index contributed by atoms with van der Waals surface area (Å²) in [5.74, 6) is -0.308. The van der Waals surface area contributed by atoms with Gasteiger partial charge in [0.1, 0.15) is 5.82 Å². The van der Waals surface area contributed by atoms with Gasteiger partial charge in [0.25, 0.3) is 0 Å². The Balaban J connectivity index is 2.76. The quantitative estimate of drug-likeness (QED) is 0.558. The molecule has 0 atom stereocenters. The molecule has 0 aliphatic rings. The van der Waals surface area contributed by atoms with E-state index in [0.29, 0.717) is 10.6 Å². The molecule has 0 N–H and O–H groups in total. The van der Waals surface area contributed by atoms with Gasteiger partial charge >= 0.3 is 0 Å². The van der Waals surface area contributed by atoms with Gasteiger partial charge in [0.15, 0.2) is 0 Å². The van der Waals surface area contributed by atoms with E-state index in [2.05, 4.69) is 4.40 Å². The zero-order chi connectivity index (χ0) is 11.5. The van der Waals surface area contributed by atoms with Crippen LogP contribution in [0.2, 0.25) is 5.02 Å². The summed E-state index contributed by atoms with van der Waals surface area (Å²) in [6.45, 7) is 6.13. The molecule has 15 heavy (non-hydrogen) atoms. The molecule has 0 saturated heterocycles. The van der Waals surface area contributed by atoms with E-state index in [1.807, 2.05) is 20.8 Å². The van der Waals surface area contributed by atoms with E-state index in [1.54, 1.807) is 6.07 Å². The molecule has 0 aliphatic heterocycles. The van der Waals surface area contributed by atoms with E-state index in [4.69, 9.17) is 11.6 Å². The van der Waals surface area contributed by atoms with Crippen LogP contribution < -0.4 is 0 Å². The molecule has 1 rings (SSSR count). The third-order valence-corrected chi connectivity index (χ3v) is 2.47. The first-order valence-electron chi connectivity index (χ1n) is 4.55. The molecular weight excluding hydrogens is 233 g/mol. The third kappa shape index (κ3) is 4.67. The highest BCUT2D eigenvalue weighted by molar-refractivity contribution is 7.99. The van der Waals surface area contributed by atoms with Gasteiger partial charge in [0.2, 0.25) is 0 Å². The first-order valence-corrected chi connectivity index (χ1v) is 5.70. The van der Waals surface area contributed by atoms with Crippen molar-refractivity contribution in [2.24, 2.45) is 4.40 Å². The summed E-state index contributed by atoms with van der Waals surface area (Å²) < 4.78 is 17.4. The first-order chi connectivity index (χ1) is 6.88. The standard InChI is InChI=1S/C11H13ClFNS/c1-11(2,3)15-14-7-8-6-9(12)4-5-10(8)13/h4-7H,1-3H3. The molecule has 4 heteroatoms. The minimum absolute atomic E-state index is 0.0333. The van der Waals surface area contributed by atoms with E-state index >= 15 is 0 Å². The van der Waals surface area contributed by atoms with Crippen LogP contribution in [0.25, 0.3) is 0 Å². The van der Waals surface area contributed by atoms with Crippen LogP contribution in [0.15, 0.2) is 22.6 Å². The van der Waals surface area contributed by atoms with Gasteiger partial charge in [-0.25, -0.2) is 8.79 Å². The fourth-order valence-corrected chi connectivity index (χ4v) is 1.52. The second-order valence-electron chi connectivity index (χ2n) is 4.10. The average molecular weight is 246 g/mol. The Morgan fingerprint density at radius 1 is 1.40 bits per heavy atom. The Kier molecular flexibility index (Phi) is 4.17. The van der Waals surface area contributed by atoms with E-state index < -0.39 is 0 Å². The van der Waals surface area contributed by atoms with E-state index in [1.165, 1.54) is 30.3 Å². The summed E-state index contributed by atoms with van der Waals surface area (Å²) in [6.07, 6.45) is 1.50. The summed E-state index contributed by atoms with van der Waals surface area (Å²) in [5, 5.41) is 0.513. The number of hydrogen-bond donors (Lipinski definition) is 0. The second-order valence-corrected chi connectivity index (χ2v) is 6.16. The Hall–Kier alpha value is -0.540. The fourth-order valence-electron chi connectivity index (χ4n) is 0.855. The summed E-state index contributed by atoms with van der Waals surface area (Å²) in [6, 6.07) is 4.42. The molecular formula is C11H13ClFNS. The van der Waals surface area contributed by atoms with Gasteiger partial charge < -0.3 is 0 Å². The molecule has 0 saturated carbocycles. The number of halogens is 2. The zero-order valence-corrected chi connectivity index (χ0v) is 10.5. The lowest BCUT2D eigenvalue weighted by Gasteiger charge is -2.12. The van der Waals surface area contributed by atoms with Crippen LogP contribution in [0.3, 0.4) is 0 Å². The second kappa shape index (κ2) is 4.99. The Morgan fingerprint density at radius 3 is 2.67 bits per heavy atom. The summed E-state index contributed by atoms with van der Waals surface area (Å²) in [7, 11) is 0. The number of hydrogen-bond acceptors (Lipinski definition) is 2. The monoisotopic (exact) mass is 245 g/mol. The van der Waals surface area contributed by atoms with Gasteiger partial charge in [-0.05, 0) is 50.9 Å². The molecule has 82 valence electrons. The highest BCUT2D eigenvalue weighted by Crippen LogP contribution is 2.24. The summed E-state index contributed by atoms with van der Waals surface area (Å²) in [4.78, 5) is 0. The van der Waals surface area contributed by atoms with Gasteiger partial charge in [-0.1, -0.05) is 11.6 Å². The minimum Gasteiger partial charge on any atom is -0.223 e. The highest BCUT2D eigenvalue weighted by Gasteiger charge is 2.09. The van der Waals surface area contributed by atoms with Crippen LogP contribution in [-0.4, -0.2) is 11.0 Å². The highest BCUT2D eigenvalue weighted by atomic mass is 35.5. The Morgan fingerprint density at radius 2 is 2.07 bits per heavy atom. The molecule has 0 amide bonds. The Bertz CT molecular complexity index is 371. The van der Waals surface area contributed by atoms with Gasteiger partial charge in [0.05, 0.1) is 0 Å². The van der Waals surface area contributed by atoms with Crippen molar-refractivity contribution in [3.05, 3.63) is 34.6 Å². The Labute approximate surface area is 98.9 Å². The van der Waals surface area contributed by atoms with Gasteiger partial charge in [-0.3, -0.25) is 0 Å². The van der Waals surface area contributed by atoms with Crippen LogP contribution in [0.1, 0.15) is 26.3 Å². The normalized spacial score (nSPS) is 12.3. The van der Waals surface area contributed by atoms with Crippen molar-refractivity contribution in [2.45, 2.75) is 25.5 Å². The lowest BCUT2D eigenvalue weighted by atomic mass is 10.2. The van der Waals surface area contributed by atoms with E-state index in [-0.39, 0.29) is 10.6 Å². The van der Waals surface area contributed by atoms with E-state index in [9.17, 15) is 4.39 Å². The van der Waals surface area contributed by atoms with Gasteiger partial charge in [-0.2, -0.15) is 0 Å². The van der Waals surface area contributed by atoms with Gasteiger partial charge in [-0.15, -0.1) is 0 Å².